The van der Waals surface area contributed by atoms with Gasteiger partial charge >= 0.3 is 0 Å². The van der Waals surface area contributed by atoms with Gasteiger partial charge in [0.25, 0.3) is 0 Å². The molecule has 0 radical (unpaired) electrons. The standard InChI is InChI=1S/C29H39N3O2/c1-22-18-23(10-11-28(22)34-2)24-8-9-26-20-30(13-12-25(26)19-24)21-29(33)32-16-14-31(15-17-32)27-6-4-3-5-7-27/h8-11,18-19,27H,3-7,12-17,20-21H2,1-2H3. The van der Waals surface area contributed by atoms with Gasteiger partial charge in [0.1, 0.15) is 5.75 Å². The van der Waals surface area contributed by atoms with Crippen molar-refractivity contribution in [1.29, 1.82) is 0 Å². The van der Waals surface area contributed by atoms with Crippen LogP contribution < -0.4 is 4.74 Å². The number of amides is 1. The number of piperazine rings is 1. The second kappa shape index (κ2) is 10.5. The Hall–Kier alpha value is -2.37. The van der Waals surface area contributed by atoms with E-state index in [1.165, 1.54) is 54.4 Å². The van der Waals surface area contributed by atoms with Crippen LogP contribution in [0.1, 0.15) is 48.8 Å². The fourth-order valence-corrected chi connectivity index (χ4v) is 6.06. The summed E-state index contributed by atoms with van der Waals surface area (Å²) >= 11 is 0. The lowest BCUT2D eigenvalue weighted by molar-refractivity contribution is -0.134. The first-order valence-electron chi connectivity index (χ1n) is 13.1. The lowest BCUT2D eigenvalue weighted by Crippen LogP contribution is -2.54. The summed E-state index contributed by atoms with van der Waals surface area (Å²) in [5.74, 6) is 1.23. The molecule has 0 N–H and O–H groups in total. The van der Waals surface area contributed by atoms with Gasteiger partial charge < -0.3 is 9.64 Å². The summed E-state index contributed by atoms with van der Waals surface area (Å²) in [5, 5.41) is 0. The van der Waals surface area contributed by atoms with Gasteiger partial charge in [0.2, 0.25) is 5.91 Å². The quantitative estimate of drug-likeness (QED) is 0.657. The van der Waals surface area contributed by atoms with Gasteiger partial charge in [-0.2, -0.15) is 0 Å². The minimum absolute atomic E-state index is 0.303. The normalized spacial score (nSPS) is 20.2. The van der Waals surface area contributed by atoms with Crippen molar-refractivity contribution in [2.24, 2.45) is 0 Å². The summed E-state index contributed by atoms with van der Waals surface area (Å²) in [7, 11) is 1.72. The number of benzene rings is 2. The first-order valence-corrected chi connectivity index (χ1v) is 13.1. The molecular weight excluding hydrogens is 422 g/mol. The molecule has 1 aliphatic carbocycles. The number of aryl methyl sites for hydroxylation is 1. The SMILES string of the molecule is COc1ccc(-c2ccc3c(c2)CCN(CC(=O)N2CCN(C4CCCCC4)CC2)C3)cc1C. The number of hydrogen-bond donors (Lipinski definition) is 0. The summed E-state index contributed by atoms with van der Waals surface area (Å²) in [4.78, 5) is 20.1. The van der Waals surface area contributed by atoms with Crippen molar-refractivity contribution < 1.29 is 9.53 Å². The van der Waals surface area contributed by atoms with Gasteiger partial charge in [-0.05, 0) is 66.1 Å². The molecular formula is C29H39N3O2. The van der Waals surface area contributed by atoms with Crippen LogP contribution in [0.4, 0.5) is 0 Å². The molecule has 2 fully saturated rings. The molecule has 3 aliphatic rings. The Kier molecular flexibility index (Phi) is 7.21. The molecule has 2 aliphatic heterocycles. The van der Waals surface area contributed by atoms with Crippen molar-refractivity contribution in [2.75, 3.05) is 46.4 Å². The minimum atomic E-state index is 0.303. The predicted octanol–water partition coefficient (Wildman–Crippen LogP) is 4.51. The van der Waals surface area contributed by atoms with Crippen LogP contribution in [0.5, 0.6) is 5.75 Å². The zero-order chi connectivity index (χ0) is 23.5. The Bertz CT molecular complexity index is 1010. The first-order chi connectivity index (χ1) is 16.6. The van der Waals surface area contributed by atoms with Crippen LogP contribution in [-0.4, -0.2) is 73.0 Å². The molecule has 34 heavy (non-hydrogen) atoms. The number of methoxy groups -OCH3 is 1. The van der Waals surface area contributed by atoms with E-state index in [9.17, 15) is 4.79 Å². The number of carbonyl (C=O) groups excluding carboxylic acids is 1. The van der Waals surface area contributed by atoms with E-state index in [0.717, 1.165) is 63.0 Å². The maximum absolute atomic E-state index is 13.0. The highest BCUT2D eigenvalue weighted by atomic mass is 16.5. The summed E-state index contributed by atoms with van der Waals surface area (Å²) in [5.41, 5.74) is 6.41. The van der Waals surface area contributed by atoms with Crippen LogP contribution in [0.15, 0.2) is 36.4 Å². The van der Waals surface area contributed by atoms with Crippen LogP contribution >= 0.6 is 0 Å². The average Bonchev–Trinajstić information content (AvgIpc) is 2.89. The Labute approximate surface area is 204 Å². The number of ether oxygens (including phenoxy) is 1. The number of nitrogens with zero attached hydrogens (tertiary/aromatic N) is 3. The molecule has 0 atom stereocenters. The molecule has 0 aromatic heterocycles. The number of fused-ring (bicyclic) bond motifs is 1. The largest absolute Gasteiger partial charge is 0.496 e. The van der Waals surface area contributed by atoms with Gasteiger partial charge in [0, 0.05) is 45.3 Å². The van der Waals surface area contributed by atoms with Crippen LogP contribution in [0.25, 0.3) is 11.1 Å². The molecule has 0 bridgehead atoms. The molecule has 2 aromatic carbocycles. The summed E-state index contributed by atoms with van der Waals surface area (Å²) in [6.45, 7) is 8.33. The molecule has 2 aromatic rings. The topological polar surface area (TPSA) is 36.0 Å². The lowest BCUT2D eigenvalue weighted by Gasteiger charge is -2.41. The maximum atomic E-state index is 13.0. The number of hydrogen-bond acceptors (Lipinski definition) is 4. The highest BCUT2D eigenvalue weighted by molar-refractivity contribution is 5.78. The van der Waals surface area contributed by atoms with E-state index < -0.39 is 0 Å². The summed E-state index contributed by atoms with van der Waals surface area (Å²) in [6.07, 6.45) is 7.85. The zero-order valence-electron chi connectivity index (χ0n) is 20.9. The highest BCUT2D eigenvalue weighted by Gasteiger charge is 2.28. The summed E-state index contributed by atoms with van der Waals surface area (Å²) in [6, 6.07) is 13.9. The van der Waals surface area contributed by atoms with Crippen molar-refractivity contribution in [1.82, 2.24) is 14.7 Å². The Morgan fingerprint density at radius 2 is 1.65 bits per heavy atom. The molecule has 5 nitrogen and oxygen atoms in total. The van der Waals surface area contributed by atoms with E-state index in [1.54, 1.807) is 7.11 Å². The summed E-state index contributed by atoms with van der Waals surface area (Å²) < 4.78 is 5.41. The fraction of sp³-hybridized carbons (Fsp3) is 0.552. The Morgan fingerprint density at radius 3 is 2.38 bits per heavy atom. The second-order valence-electron chi connectivity index (χ2n) is 10.3. The predicted molar refractivity (Wildman–Crippen MR) is 137 cm³/mol. The monoisotopic (exact) mass is 461 g/mol. The van der Waals surface area contributed by atoms with Gasteiger partial charge in [0.05, 0.1) is 13.7 Å². The molecule has 2 heterocycles. The molecule has 5 rings (SSSR count). The third-order valence-electron chi connectivity index (χ3n) is 8.14. The van der Waals surface area contributed by atoms with E-state index in [1.807, 2.05) is 6.07 Å². The number of rotatable bonds is 5. The van der Waals surface area contributed by atoms with Crippen molar-refractivity contribution >= 4 is 5.91 Å². The molecule has 1 saturated heterocycles. The van der Waals surface area contributed by atoms with Crippen LogP contribution in [0, 0.1) is 6.92 Å². The molecule has 0 spiro atoms. The van der Waals surface area contributed by atoms with Gasteiger partial charge in [-0.1, -0.05) is 43.5 Å². The van der Waals surface area contributed by atoms with Crippen molar-refractivity contribution in [2.45, 2.75) is 58.0 Å². The van der Waals surface area contributed by atoms with E-state index in [2.05, 4.69) is 52.0 Å². The van der Waals surface area contributed by atoms with Crippen molar-refractivity contribution in [3.63, 3.8) is 0 Å². The molecule has 0 unspecified atom stereocenters. The van der Waals surface area contributed by atoms with Crippen LogP contribution in [-0.2, 0) is 17.8 Å². The van der Waals surface area contributed by atoms with Crippen molar-refractivity contribution in [3.8, 4) is 16.9 Å². The van der Waals surface area contributed by atoms with Gasteiger partial charge in [-0.25, -0.2) is 0 Å². The molecule has 182 valence electrons. The average molecular weight is 462 g/mol. The minimum Gasteiger partial charge on any atom is -0.496 e. The molecule has 1 saturated carbocycles. The lowest BCUT2D eigenvalue weighted by atomic mass is 9.93. The molecule has 5 heteroatoms. The van der Waals surface area contributed by atoms with Gasteiger partial charge in [-0.15, -0.1) is 0 Å². The zero-order valence-corrected chi connectivity index (χ0v) is 20.9. The Morgan fingerprint density at radius 1 is 0.912 bits per heavy atom. The molecule has 1 amide bonds. The smallest absolute Gasteiger partial charge is 0.236 e. The van der Waals surface area contributed by atoms with E-state index in [0.29, 0.717) is 12.5 Å². The first kappa shape index (κ1) is 23.4. The number of carbonyl (C=O) groups is 1. The van der Waals surface area contributed by atoms with Crippen LogP contribution in [0.3, 0.4) is 0 Å². The fourth-order valence-electron chi connectivity index (χ4n) is 6.06. The van der Waals surface area contributed by atoms with E-state index in [4.69, 9.17) is 4.74 Å². The van der Waals surface area contributed by atoms with Gasteiger partial charge in [0.15, 0.2) is 0 Å². The van der Waals surface area contributed by atoms with Crippen LogP contribution in [0.2, 0.25) is 0 Å². The maximum Gasteiger partial charge on any atom is 0.236 e. The third kappa shape index (κ3) is 5.16. The highest BCUT2D eigenvalue weighted by Crippen LogP contribution is 2.30. The second-order valence-corrected chi connectivity index (χ2v) is 10.3. The Balaban J connectivity index is 1.15. The van der Waals surface area contributed by atoms with Gasteiger partial charge in [-0.3, -0.25) is 14.6 Å². The van der Waals surface area contributed by atoms with Crippen molar-refractivity contribution in [3.05, 3.63) is 53.1 Å². The third-order valence-corrected chi connectivity index (χ3v) is 8.14. The van der Waals surface area contributed by atoms with E-state index >= 15 is 0 Å². The van der Waals surface area contributed by atoms with E-state index in [-0.39, 0.29) is 0 Å².